The predicted octanol–water partition coefficient (Wildman–Crippen LogP) is 4.67. The number of thioether (sulfide) groups is 1. The van der Waals surface area contributed by atoms with E-state index in [9.17, 15) is 9.59 Å². The van der Waals surface area contributed by atoms with Crippen LogP contribution in [0.2, 0.25) is 0 Å². The molecule has 0 aliphatic heterocycles. The van der Waals surface area contributed by atoms with Crippen LogP contribution < -0.4 is 10.6 Å². The Morgan fingerprint density at radius 3 is 2.15 bits per heavy atom. The average molecular weight is 480 g/mol. The number of hydrogen-bond donors (Lipinski definition) is 2. The highest BCUT2D eigenvalue weighted by Crippen LogP contribution is 2.35. The molecule has 0 aliphatic carbocycles. The van der Waals surface area contributed by atoms with Gasteiger partial charge in [-0.15, -0.1) is 11.8 Å². The Bertz CT molecular complexity index is 967. The number of esters is 1. The number of carbonyl (C=O) groups excluding carboxylic acids is 2. The molecule has 0 fully saturated rings. The fourth-order valence-corrected chi connectivity index (χ4v) is 4.52. The number of carbonyl (C=O) groups is 2. The van der Waals surface area contributed by atoms with Gasteiger partial charge in [0.25, 0.3) is 0 Å². The Hall–Kier alpha value is -3.52. The maximum atomic E-state index is 12.6. The predicted molar refractivity (Wildman–Crippen MR) is 135 cm³/mol. The van der Waals surface area contributed by atoms with Crippen LogP contribution >= 0.6 is 11.8 Å². The summed E-state index contributed by atoms with van der Waals surface area (Å²) < 4.78 is 10.4. The molecule has 0 saturated carbocycles. The Kier molecular flexibility index (Phi) is 10.3. The standard InChI is InChI=1S/C26H29N3O4S/c1-2-32-25(30)22(29-26(31)33-18-17-28-23-15-9-10-16-27-23)19-34-24(20-11-5-3-6-12-20)21-13-7-4-8-14-21/h3-16,22,24H,2,17-19H2,1H3,(H,27,28)(H,29,31). The lowest BCUT2D eigenvalue weighted by atomic mass is 10.0. The molecule has 1 atom stereocenters. The lowest BCUT2D eigenvalue weighted by Crippen LogP contribution is -2.44. The van der Waals surface area contributed by atoms with Crippen molar-refractivity contribution in [1.29, 1.82) is 0 Å². The zero-order valence-corrected chi connectivity index (χ0v) is 19.9. The van der Waals surface area contributed by atoms with Gasteiger partial charge >= 0.3 is 12.1 Å². The lowest BCUT2D eigenvalue weighted by molar-refractivity contribution is -0.144. The maximum Gasteiger partial charge on any atom is 0.407 e. The van der Waals surface area contributed by atoms with E-state index in [0.717, 1.165) is 11.1 Å². The Labute approximate surface area is 204 Å². The van der Waals surface area contributed by atoms with Crippen LogP contribution in [0.3, 0.4) is 0 Å². The third-order valence-corrected chi connectivity index (χ3v) is 6.21. The molecule has 178 valence electrons. The molecule has 1 aromatic heterocycles. The minimum Gasteiger partial charge on any atom is -0.464 e. The molecule has 3 aromatic rings. The smallest absolute Gasteiger partial charge is 0.407 e. The largest absolute Gasteiger partial charge is 0.464 e. The molecule has 0 bridgehead atoms. The number of nitrogens with zero attached hydrogens (tertiary/aromatic N) is 1. The molecule has 0 spiro atoms. The van der Waals surface area contributed by atoms with E-state index in [2.05, 4.69) is 39.9 Å². The summed E-state index contributed by atoms with van der Waals surface area (Å²) in [7, 11) is 0. The van der Waals surface area contributed by atoms with Crippen molar-refractivity contribution in [2.45, 2.75) is 18.2 Å². The molecule has 8 heteroatoms. The van der Waals surface area contributed by atoms with E-state index in [0.29, 0.717) is 18.1 Å². The van der Waals surface area contributed by atoms with Gasteiger partial charge in [0, 0.05) is 11.9 Å². The first-order chi connectivity index (χ1) is 16.7. The molecule has 2 aromatic carbocycles. The van der Waals surface area contributed by atoms with E-state index >= 15 is 0 Å². The molecule has 1 heterocycles. The molecule has 0 radical (unpaired) electrons. The number of hydrogen-bond acceptors (Lipinski definition) is 7. The number of amides is 1. The minimum absolute atomic E-state index is 0.000260. The van der Waals surface area contributed by atoms with Crippen molar-refractivity contribution in [1.82, 2.24) is 10.3 Å². The van der Waals surface area contributed by atoms with Gasteiger partial charge in [-0.25, -0.2) is 14.6 Å². The summed E-state index contributed by atoms with van der Waals surface area (Å²) in [5, 5.41) is 5.72. The number of nitrogens with one attached hydrogen (secondary N) is 2. The van der Waals surface area contributed by atoms with Crippen molar-refractivity contribution in [2.75, 3.05) is 30.8 Å². The summed E-state index contributed by atoms with van der Waals surface area (Å²) >= 11 is 1.57. The molecule has 0 saturated heterocycles. The number of pyridine rings is 1. The van der Waals surface area contributed by atoms with Crippen LogP contribution in [0.4, 0.5) is 10.6 Å². The average Bonchev–Trinajstić information content (AvgIpc) is 2.88. The first-order valence-electron chi connectivity index (χ1n) is 11.1. The van der Waals surface area contributed by atoms with Gasteiger partial charge < -0.3 is 20.1 Å². The fourth-order valence-electron chi connectivity index (χ4n) is 3.22. The lowest BCUT2D eigenvalue weighted by Gasteiger charge is -2.22. The van der Waals surface area contributed by atoms with Gasteiger partial charge in [-0.2, -0.15) is 0 Å². The summed E-state index contributed by atoms with van der Waals surface area (Å²) in [6.45, 7) is 2.49. The molecule has 2 N–H and O–H groups in total. The van der Waals surface area contributed by atoms with Crippen LogP contribution in [0.25, 0.3) is 0 Å². The number of aromatic nitrogens is 1. The number of anilines is 1. The van der Waals surface area contributed by atoms with Crippen LogP contribution in [-0.4, -0.2) is 48.6 Å². The van der Waals surface area contributed by atoms with E-state index in [1.165, 1.54) is 0 Å². The molecule has 3 rings (SSSR count). The van der Waals surface area contributed by atoms with Crippen LogP contribution in [-0.2, 0) is 14.3 Å². The summed E-state index contributed by atoms with van der Waals surface area (Å²) in [6.07, 6.45) is 1.01. The van der Waals surface area contributed by atoms with Gasteiger partial charge in [0.2, 0.25) is 0 Å². The third kappa shape index (κ3) is 8.12. The van der Waals surface area contributed by atoms with Crippen molar-refractivity contribution in [3.05, 3.63) is 96.2 Å². The van der Waals surface area contributed by atoms with Crippen LogP contribution in [0, 0.1) is 0 Å². The number of rotatable bonds is 12. The van der Waals surface area contributed by atoms with Crippen molar-refractivity contribution in [2.24, 2.45) is 0 Å². The molecule has 7 nitrogen and oxygen atoms in total. The van der Waals surface area contributed by atoms with Gasteiger partial charge in [-0.3, -0.25) is 0 Å². The Morgan fingerprint density at radius 1 is 0.912 bits per heavy atom. The Morgan fingerprint density at radius 2 is 1.56 bits per heavy atom. The molecular formula is C26H29N3O4S. The van der Waals surface area contributed by atoms with E-state index in [1.54, 1.807) is 24.9 Å². The highest BCUT2D eigenvalue weighted by molar-refractivity contribution is 7.99. The molecule has 0 aliphatic rings. The molecular weight excluding hydrogens is 450 g/mol. The second kappa shape index (κ2) is 13.9. The quantitative estimate of drug-likeness (QED) is 0.288. The summed E-state index contributed by atoms with van der Waals surface area (Å²) in [5.74, 6) is 0.535. The van der Waals surface area contributed by atoms with Gasteiger partial charge in [-0.05, 0) is 30.2 Å². The van der Waals surface area contributed by atoms with Crippen molar-refractivity contribution in [3.8, 4) is 0 Å². The van der Waals surface area contributed by atoms with E-state index in [-0.39, 0.29) is 18.5 Å². The van der Waals surface area contributed by atoms with Crippen LogP contribution in [0.1, 0.15) is 23.3 Å². The first-order valence-corrected chi connectivity index (χ1v) is 12.2. The Balaban J connectivity index is 1.58. The highest BCUT2D eigenvalue weighted by Gasteiger charge is 2.25. The van der Waals surface area contributed by atoms with Gasteiger partial charge in [0.05, 0.1) is 18.4 Å². The van der Waals surface area contributed by atoms with Crippen molar-refractivity contribution >= 4 is 29.6 Å². The zero-order valence-electron chi connectivity index (χ0n) is 19.1. The summed E-state index contributed by atoms with van der Waals surface area (Å²) in [5.41, 5.74) is 2.23. The van der Waals surface area contributed by atoms with Crippen LogP contribution in [0.5, 0.6) is 0 Å². The van der Waals surface area contributed by atoms with Gasteiger partial charge in [-0.1, -0.05) is 66.7 Å². The second-order valence-electron chi connectivity index (χ2n) is 7.26. The monoisotopic (exact) mass is 479 g/mol. The molecule has 1 unspecified atom stereocenters. The topological polar surface area (TPSA) is 89.5 Å². The van der Waals surface area contributed by atoms with E-state index in [1.807, 2.05) is 54.6 Å². The fraction of sp³-hybridized carbons (Fsp3) is 0.269. The van der Waals surface area contributed by atoms with E-state index < -0.39 is 18.1 Å². The van der Waals surface area contributed by atoms with Crippen LogP contribution in [0.15, 0.2) is 85.1 Å². The zero-order chi connectivity index (χ0) is 24.0. The van der Waals surface area contributed by atoms with Gasteiger partial charge in [0.15, 0.2) is 0 Å². The molecule has 34 heavy (non-hydrogen) atoms. The summed E-state index contributed by atoms with van der Waals surface area (Å²) in [6, 6.07) is 24.8. The normalized spacial score (nSPS) is 11.5. The first kappa shape index (κ1) is 25.1. The van der Waals surface area contributed by atoms with Gasteiger partial charge in [0.1, 0.15) is 18.5 Å². The highest BCUT2D eigenvalue weighted by atomic mass is 32.2. The number of alkyl carbamates (subject to hydrolysis) is 1. The second-order valence-corrected chi connectivity index (χ2v) is 8.40. The van der Waals surface area contributed by atoms with E-state index in [4.69, 9.17) is 9.47 Å². The minimum atomic E-state index is -0.837. The maximum absolute atomic E-state index is 12.6. The number of ether oxygens (including phenoxy) is 2. The van der Waals surface area contributed by atoms with Crippen molar-refractivity contribution < 1.29 is 19.1 Å². The molecule has 1 amide bonds. The summed E-state index contributed by atoms with van der Waals surface area (Å²) in [4.78, 5) is 29.1. The SMILES string of the molecule is CCOC(=O)C(CSC(c1ccccc1)c1ccccc1)NC(=O)OCCNc1ccccn1. The third-order valence-electron chi connectivity index (χ3n) is 4.80. The number of benzene rings is 2. The van der Waals surface area contributed by atoms with Crippen molar-refractivity contribution in [3.63, 3.8) is 0 Å².